The number of aromatic nitrogens is 1. The Morgan fingerprint density at radius 3 is 3.05 bits per heavy atom. The number of carbonyl (C=O) groups is 1. The number of carbonyl (C=O) groups excluding carboxylic acids is 1. The Morgan fingerprint density at radius 2 is 2.29 bits per heavy atom. The summed E-state index contributed by atoms with van der Waals surface area (Å²) in [4.78, 5) is 15.8. The number of esters is 1. The first-order chi connectivity index (χ1) is 10.1. The quantitative estimate of drug-likeness (QED) is 0.874. The number of benzene rings is 1. The molecule has 0 fully saturated rings. The van der Waals surface area contributed by atoms with Crippen molar-refractivity contribution in [2.45, 2.75) is 19.4 Å². The van der Waals surface area contributed by atoms with Crippen LogP contribution in [0.5, 0.6) is 5.75 Å². The molecule has 5 nitrogen and oxygen atoms in total. The van der Waals surface area contributed by atoms with Crippen LogP contribution in [0.15, 0.2) is 36.5 Å². The number of anilines is 1. The first kappa shape index (κ1) is 13.4. The largest absolute Gasteiger partial charge is 0.486 e. The van der Waals surface area contributed by atoms with E-state index in [0.717, 1.165) is 17.7 Å². The second-order valence-corrected chi connectivity index (χ2v) is 5.13. The molecule has 3 rings (SSSR count). The lowest BCUT2D eigenvalue weighted by Gasteiger charge is -2.11. The van der Waals surface area contributed by atoms with E-state index in [9.17, 15) is 4.79 Å². The van der Waals surface area contributed by atoms with Gasteiger partial charge >= 0.3 is 5.97 Å². The molecule has 21 heavy (non-hydrogen) atoms. The minimum atomic E-state index is -0.467. The molecule has 1 aliphatic heterocycles. The number of hydrogen-bond donors (Lipinski definition) is 1. The molecule has 0 amide bonds. The van der Waals surface area contributed by atoms with E-state index < -0.39 is 5.97 Å². The zero-order valence-electron chi connectivity index (χ0n) is 11.7. The number of nitrogen functional groups attached to an aromatic ring is 1. The second kappa shape index (κ2) is 5.44. The van der Waals surface area contributed by atoms with E-state index in [1.54, 1.807) is 12.1 Å². The fourth-order valence-corrected chi connectivity index (χ4v) is 2.31. The van der Waals surface area contributed by atoms with Crippen LogP contribution in [-0.4, -0.2) is 23.7 Å². The second-order valence-electron chi connectivity index (χ2n) is 5.13. The molecule has 108 valence electrons. The summed E-state index contributed by atoms with van der Waals surface area (Å²) in [5.41, 5.74) is 8.63. The van der Waals surface area contributed by atoms with Crippen LogP contribution in [0, 0.1) is 6.92 Å². The first-order valence-electron chi connectivity index (χ1n) is 6.76. The van der Waals surface area contributed by atoms with Gasteiger partial charge in [-0.05, 0) is 30.7 Å². The molecule has 0 aliphatic carbocycles. The van der Waals surface area contributed by atoms with E-state index in [-0.39, 0.29) is 18.4 Å². The van der Waals surface area contributed by atoms with E-state index in [1.807, 2.05) is 19.1 Å². The van der Waals surface area contributed by atoms with Gasteiger partial charge in [0, 0.05) is 6.42 Å². The van der Waals surface area contributed by atoms with Crippen LogP contribution in [0.3, 0.4) is 0 Å². The molecule has 0 saturated carbocycles. The van der Waals surface area contributed by atoms with Crippen LogP contribution in [0.4, 0.5) is 5.69 Å². The first-order valence-corrected chi connectivity index (χ1v) is 6.76. The number of nitrogens with two attached hydrogens (primary N) is 1. The summed E-state index contributed by atoms with van der Waals surface area (Å²) >= 11 is 0. The molecule has 0 bridgehead atoms. The van der Waals surface area contributed by atoms with Gasteiger partial charge in [-0.2, -0.15) is 0 Å². The van der Waals surface area contributed by atoms with Gasteiger partial charge in [-0.25, -0.2) is 9.78 Å². The van der Waals surface area contributed by atoms with Crippen LogP contribution in [0.1, 0.15) is 21.6 Å². The summed E-state index contributed by atoms with van der Waals surface area (Å²) < 4.78 is 11.0. The molecule has 0 radical (unpaired) electrons. The molecule has 1 atom stereocenters. The van der Waals surface area contributed by atoms with Gasteiger partial charge in [0.15, 0.2) is 0 Å². The number of hydrogen-bond acceptors (Lipinski definition) is 5. The third-order valence-corrected chi connectivity index (χ3v) is 3.35. The molecule has 5 heteroatoms. The summed E-state index contributed by atoms with van der Waals surface area (Å²) in [6.45, 7) is 2.25. The predicted octanol–water partition coefficient (Wildman–Crippen LogP) is 2.13. The van der Waals surface area contributed by atoms with E-state index in [1.165, 1.54) is 11.8 Å². The van der Waals surface area contributed by atoms with Crippen LogP contribution in [0.2, 0.25) is 0 Å². The summed E-state index contributed by atoms with van der Waals surface area (Å²) in [7, 11) is 0. The average molecular weight is 284 g/mol. The van der Waals surface area contributed by atoms with E-state index in [4.69, 9.17) is 15.2 Å². The lowest BCUT2D eigenvalue weighted by molar-refractivity contribution is 0.0340. The maximum atomic E-state index is 11.9. The number of aryl methyl sites for hydroxylation is 1. The Bertz CT molecular complexity index is 668. The Kier molecular flexibility index (Phi) is 3.48. The van der Waals surface area contributed by atoms with E-state index in [0.29, 0.717) is 5.69 Å². The Labute approximate surface area is 122 Å². The molecular formula is C16H16N2O3. The molecule has 0 spiro atoms. The molecule has 1 aromatic heterocycles. The van der Waals surface area contributed by atoms with Crippen molar-refractivity contribution in [3.05, 3.63) is 53.3 Å². The highest BCUT2D eigenvalue weighted by atomic mass is 16.6. The van der Waals surface area contributed by atoms with Crippen LogP contribution >= 0.6 is 0 Å². The van der Waals surface area contributed by atoms with Crippen molar-refractivity contribution in [1.82, 2.24) is 4.98 Å². The van der Waals surface area contributed by atoms with Gasteiger partial charge < -0.3 is 15.2 Å². The van der Waals surface area contributed by atoms with E-state index in [2.05, 4.69) is 11.1 Å². The zero-order valence-corrected chi connectivity index (χ0v) is 11.7. The number of pyridine rings is 1. The Balaban J connectivity index is 1.57. The Morgan fingerprint density at radius 1 is 1.43 bits per heavy atom. The van der Waals surface area contributed by atoms with Gasteiger partial charge in [0.2, 0.25) is 0 Å². The van der Waals surface area contributed by atoms with Crippen molar-refractivity contribution in [1.29, 1.82) is 0 Å². The molecular weight excluding hydrogens is 268 g/mol. The SMILES string of the molecule is Cc1ccc2c(c1)CC(COC(=O)c1ccc(N)cn1)O2. The van der Waals surface area contributed by atoms with Crippen LogP contribution < -0.4 is 10.5 Å². The van der Waals surface area contributed by atoms with Gasteiger partial charge in [0.25, 0.3) is 0 Å². The number of ether oxygens (including phenoxy) is 2. The van der Waals surface area contributed by atoms with Crippen LogP contribution in [0.25, 0.3) is 0 Å². The maximum absolute atomic E-state index is 11.9. The number of nitrogens with zero attached hydrogens (tertiary/aromatic N) is 1. The van der Waals surface area contributed by atoms with Gasteiger partial charge in [-0.1, -0.05) is 17.7 Å². The highest BCUT2D eigenvalue weighted by Crippen LogP contribution is 2.29. The van der Waals surface area contributed by atoms with Crippen molar-refractivity contribution in [2.24, 2.45) is 0 Å². The number of fused-ring (bicyclic) bond motifs is 1. The van der Waals surface area contributed by atoms with E-state index >= 15 is 0 Å². The standard InChI is InChI=1S/C16H16N2O3/c1-10-2-5-15-11(6-10)7-13(21-15)9-20-16(19)14-4-3-12(17)8-18-14/h2-6,8,13H,7,9,17H2,1H3. The number of rotatable bonds is 3. The molecule has 0 saturated heterocycles. The molecule has 1 aromatic carbocycles. The van der Waals surface area contributed by atoms with Gasteiger partial charge in [0.05, 0.1) is 11.9 Å². The van der Waals surface area contributed by atoms with Crippen molar-refractivity contribution in [3.63, 3.8) is 0 Å². The summed E-state index contributed by atoms with van der Waals surface area (Å²) in [5, 5.41) is 0. The van der Waals surface area contributed by atoms with Gasteiger partial charge in [-0.3, -0.25) is 0 Å². The van der Waals surface area contributed by atoms with Crippen molar-refractivity contribution in [2.75, 3.05) is 12.3 Å². The van der Waals surface area contributed by atoms with Crippen molar-refractivity contribution < 1.29 is 14.3 Å². The minimum absolute atomic E-state index is 0.139. The van der Waals surface area contributed by atoms with Gasteiger partial charge in [-0.15, -0.1) is 0 Å². The van der Waals surface area contributed by atoms with Crippen LogP contribution in [-0.2, 0) is 11.2 Å². The highest BCUT2D eigenvalue weighted by molar-refractivity contribution is 5.87. The zero-order chi connectivity index (χ0) is 14.8. The molecule has 1 aliphatic rings. The van der Waals surface area contributed by atoms with Crippen molar-refractivity contribution >= 4 is 11.7 Å². The minimum Gasteiger partial charge on any atom is -0.486 e. The fraction of sp³-hybridized carbons (Fsp3) is 0.250. The lowest BCUT2D eigenvalue weighted by Crippen LogP contribution is -2.23. The normalized spacial score (nSPS) is 16.1. The van der Waals surface area contributed by atoms with Gasteiger partial charge in [0.1, 0.15) is 24.2 Å². The molecule has 2 heterocycles. The fourth-order valence-electron chi connectivity index (χ4n) is 2.31. The molecule has 1 unspecified atom stereocenters. The predicted molar refractivity (Wildman–Crippen MR) is 78.2 cm³/mol. The topological polar surface area (TPSA) is 74.4 Å². The maximum Gasteiger partial charge on any atom is 0.357 e. The summed E-state index contributed by atoms with van der Waals surface area (Å²) in [6, 6.07) is 9.22. The molecule has 2 aromatic rings. The third-order valence-electron chi connectivity index (χ3n) is 3.35. The lowest BCUT2D eigenvalue weighted by atomic mass is 10.1. The summed E-state index contributed by atoms with van der Waals surface area (Å²) in [6.07, 6.45) is 2.04. The summed E-state index contributed by atoms with van der Waals surface area (Å²) in [5.74, 6) is 0.401. The molecule has 2 N–H and O–H groups in total. The average Bonchev–Trinajstić information content (AvgIpc) is 2.87. The Hall–Kier alpha value is -2.56. The third kappa shape index (κ3) is 2.97. The highest BCUT2D eigenvalue weighted by Gasteiger charge is 2.24. The smallest absolute Gasteiger partial charge is 0.357 e. The monoisotopic (exact) mass is 284 g/mol. The van der Waals surface area contributed by atoms with Crippen molar-refractivity contribution in [3.8, 4) is 5.75 Å².